The first kappa shape index (κ1) is 14.8. The van der Waals surface area contributed by atoms with Gasteiger partial charge in [-0.25, -0.2) is 4.79 Å². The van der Waals surface area contributed by atoms with Crippen LogP contribution < -0.4 is 11.2 Å². The van der Waals surface area contributed by atoms with Crippen LogP contribution >= 0.6 is 18.9 Å². The van der Waals surface area contributed by atoms with Gasteiger partial charge in [-0.3, -0.25) is 14.3 Å². The van der Waals surface area contributed by atoms with Gasteiger partial charge in [-0.2, -0.15) is 0 Å². The molecule has 1 aromatic heterocycles. The number of H-pyrrole nitrogens is 1. The first-order chi connectivity index (χ1) is 9.08. The van der Waals surface area contributed by atoms with Crippen LogP contribution in [0.1, 0.15) is 6.23 Å². The minimum absolute atomic E-state index is 0.130. The summed E-state index contributed by atoms with van der Waals surface area (Å²) in [6.07, 6.45) is -1.91. The molecule has 0 aliphatic carbocycles. The van der Waals surface area contributed by atoms with Crippen LogP contribution in [-0.4, -0.2) is 39.6 Å². The van der Waals surface area contributed by atoms with Crippen molar-refractivity contribution in [2.45, 2.75) is 24.5 Å². The highest BCUT2D eigenvalue weighted by Gasteiger charge is 2.45. The van der Waals surface area contributed by atoms with Crippen molar-refractivity contribution in [3.8, 4) is 0 Å². The van der Waals surface area contributed by atoms with E-state index in [-0.39, 0.29) is 6.61 Å². The summed E-state index contributed by atoms with van der Waals surface area (Å²) in [6.45, 7) is 0.130. The van der Waals surface area contributed by atoms with E-state index in [1.54, 1.807) is 0 Å². The zero-order chi connectivity index (χ0) is 14.0. The van der Waals surface area contributed by atoms with E-state index in [1.807, 2.05) is 9.47 Å². The van der Waals surface area contributed by atoms with E-state index >= 15 is 0 Å². The van der Waals surface area contributed by atoms with E-state index in [1.165, 1.54) is 12.3 Å². The lowest BCUT2D eigenvalue weighted by Crippen LogP contribution is -2.38. The Morgan fingerprint density at radius 2 is 2.21 bits per heavy atom. The largest absolute Gasteiger partial charge is 0.387 e. The summed E-state index contributed by atoms with van der Waals surface area (Å²) < 4.78 is 16.6. The van der Waals surface area contributed by atoms with Gasteiger partial charge in [0.25, 0.3) is 5.56 Å². The van der Waals surface area contributed by atoms with E-state index in [0.29, 0.717) is 0 Å². The zero-order valence-corrected chi connectivity index (χ0v) is 12.1. The van der Waals surface area contributed by atoms with Crippen molar-refractivity contribution in [1.82, 2.24) is 9.55 Å². The summed E-state index contributed by atoms with van der Waals surface area (Å²) in [5, 5.41) is 10.0. The lowest BCUT2D eigenvalue weighted by molar-refractivity contribution is -0.0450. The SMILES string of the molecule is O=c1ccn([C@@H]2O[C@H](COP)[C@@H](O)[C@H]2OP)c(=O)[nH]1. The standard InChI is InChI=1S/C9H14N2O6P2/c12-5-1-2-11(9(14)10-5)8-7(17-19)6(13)4(16-8)3-15-18/h1-2,4,6-8,13H,3,18-19H2,(H,10,12,14)/t4-,6-,7-,8-/m1/s1. The zero-order valence-electron chi connectivity index (χ0n) is 9.76. The molecule has 106 valence electrons. The molecule has 1 fully saturated rings. The van der Waals surface area contributed by atoms with E-state index < -0.39 is 35.8 Å². The van der Waals surface area contributed by atoms with Crippen LogP contribution in [-0.2, 0) is 13.8 Å². The molecule has 2 rings (SSSR count). The Kier molecular flexibility index (Phi) is 4.84. The molecule has 1 aliphatic heterocycles. The number of aliphatic hydroxyl groups excluding tert-OH is 1. The highest BCUT2D eigenvalue weighted by atomic mass is 31.0. The molecule has 0 spiro atoms. The van der Waals surface area contributed by atoms with Gasteiger partial charge in [-0.15, -0.1) is 0 Å². The van der Waals surface area contributed by atoms with Crippen molar-refractivity contribution >= 4 is 18.9 Å². The van der Waals surface area contributed by atoms with Crippen molar-refractivity contribution in [1.29, 1.82) is 0 Å². The van der Waals surface area contributed by atoms with Crippen molar-refractivity contribution < 1.29 is 18.9 Å². The summed E-state index contributed by atoms with van der Waals surface area (Å²) in [7, 11) is 4.08. The highest BCUT2D eigenvalue weighted by Crippen LogP contribution is 2.32. The fourth-order valence-corrected chi connectivity index (χ4v) is 2.43. The number of hydrogen-bond acceptors (Lipinski definition) is 6. The number of aliphatic hydroxyl groups is 1. The molecule has 0 aromatic carbocycles. The third-order valence-electron chi connectivity index (χ3n) is 2.86. The molecule has 19 heavy (non-hydrogen) atoms. The third kappa shape index (κ3) is 2.94. The molecule has 0 radical (unpaired) electrons. The van der Waals surface area contributed by atoms with E-state index in [9.17, 15) is 14.7 Å². The normalized spacial score (nSPS) is 30.7. The highest BCUT2D eigenvalue weighted by molar-refractivity contribution is 7.10. The van der Waals surface area contributed by atoms with E-state index in [0.717, 1.165) is 4.57 Å². The predicted octanol–water partition coefficient (Wildman–Crippen LogP) is -1.22. The Morgan fingerprint density at radius 1 is 1.47 bits per heavy atom. The van der Waals surface area contributed by atoms with Crippen molar-refractivity contribution in [2.24, 2.45) is 0 Å². The van der Waals surface area contributed by atoms with E-state index in [4.69, 9.17) is 13.8 Å². The molecule has 0 saturated carbocycles. The minimum atomic E-state index is -0.957. The molecule has 2 N–H and O–H groups in total. The Labute approximate surface area is 112 Å². The molecule has 0 amide bonds. The quantitative estimate of drug-likeness (QED) is 0.676. The fraction of sp³-hybridized carbons (Fsp3) is 0.556. The maximum atomic E-state index is 11.7. The van der Waals surface area contributed by atoms with Crippen LogP contribution in [0, 0.1) is 0 Å². The summed E-state index contributed by atoms with van der Waals surface area (Å²) in [5.74, 6) is 0. The Bertz CT molecular complexity index is 546. The van der Waals surface area contributed by atoms with Gasteiger partial charge in [-0.1, -0.05) is 0 Å². The van der Waals surface area contributed by atoms with Crippen LogP contribution in [0.15, 0.2) is 21.9 Å². The Balaban J connectivity index is 2.32. The molecular weight excluding hydrogens is 294 g/mol. The topological polar surface area (TPSA) is 103 Å². The minimum Gasteiger partial charge on any atom is -0.387 e. The molecule has 1 aliphatic rings. The van der Waals surface area contributed by atoms with Gasteiger partial charge < -0.3 is 18.9 Å². The molecule has 10 heteroatoms. The van der Waals surface area contributed by atoms with Gasteiger partial charge in [0.1, 0.15) is 18.3 Å². The maximum Gasteiger partial charge on any atom is 0.330 e. The van der Waals surface area contributed by atoms with Crippen molar-refractivity contribution in [3.63, 3.8) is 0 Å². The molecule has 0 bridgehead atoms. The van der Waals surface area contributed by atoms with Crippen molar-refractivity contribution in [2.75, 3.05) is 6.61 Å². The smallest absolute Gasteiger partial charge is 0.330 e. The monoisotopic (exact) mass is 308 g/mol. The number of ether oxygens (including phenoxy) is 1. The fourth-order valence-electron chi connectivity index (χ4n) is 1.95. The van der Waals surface area contributed by atoms with Gasteiger partial charge in [0.2, 0.25) is 0 Å². The number of aromatic amines is 1. The average Bonchev–Trinajstić information content (AvgIpc) is 2.67. The first-order valence-corrected chi connectivity index (χ1v) is 6.35. The molecule has 2 heterocycles. The van der Waals surface area contributed by atoms with Crippen LogP contribution in [0.5, 0.6) is 0 Å². The summed E-state index contributed by atoms with van der Waals surface area (Å²) in [4.78, 5) is 24.8. The number of hydrogen-bond donors (Lipinski definition) is 2. The molecule has 1 aromatic rings. The second-order valence-corrected chi connectivity index (χ2v) is 4.61. The van der Waals surface area contributed by atoms with Gasteiger partial charge in [0.05, 0.1) is 6.61 Å². The van der Waals surface area contributed by atoms with Gasteiger partial charge >= 0.3 is 5.69 Å². The second kappa shape index (κ2) is 6.22. The Morgan fingerprint density at radius 3 is 2.79 bits per heavy atom. The summed E-state index contributed by atoms with van der Waals surface area (Å²) in [6, 6.07) is 1.19. The van der Waals surface area contributed by atoms with Crippen LogP contribution in [0.4, 0.5) is 0 Å². The van der Waals surface area contributed by atoms with Crippen LogP contribution in [0.3, 0.4) is 0 Å². The molecular formula is C9H14N2O6P2. The third-order valence-corrected chi connectivity index (χ3v) is 3.36. The van der Waals surface area contributed by atoms with Crippen molar-refractivity contribution in [3.05, 3.63) is 33.1 Å². The Hall–Kier alpha value is -0.620. The van der Waals surface area contributed by atoms with Crippen LogP contribution in [0.25, 0.3) is 0 Å². The van der Waals surface area contributed by atoms with Crippen LogP contribution in [0.2, 0.25) is 0 Å². The first-order valence-electron chi connectivity index (χ1n) is 5.40. The van der Waals surface area contributed by atoms with E-state index in [2.05, 4.69) is 14.5 Å². The number of nitrogens with one attached hydrogen (secondary N) is 1. The molecule has 8 nitrogen and oxygen atoms in total. The summed E-state index contributed by atoms with van der Waals surface area (Å²) >= 11 is 0. The summed E-state index contributed by atoms with van der Waals surface area (Å²) in [5.41, 5.74) is -1.14. The van der Waals surface area contributed by atoms with Gasteiger partial charge in [-0.05, 0) is 0 Å². The number of aromatic nitrogens is 2. The maximum absolute atomic E-state index is 11.7. The number of rotatable bonds is 4. The molecule has 6 atom stereocenters. The average molecular weight is 308 g/mol. The lowest BCUT2D eigenvalue weighted by Gasteiger charge is -2.19. The molecule has 1 saturated heterocycles. The number of nitrogens with zero attached hydrogens (tertiary/aromatic N) is 1. The molecule has 2 unspecified atom stereocenters. The van der Waals surface area contributed by atoms with Gasteiger partial charge in [0, 0.05) is 31.2 Å². The second-order valence-electron chi connectivity index (χ2n) is 4.01. The van der Waals surface area contributed by atoms with Gasteiger partial charge in [0.15, 0.2) is 6.23 Å². The predicted molar refractivity (Wildman–Crippen MR) is 71.5 cm³/mol. The lowest BCUT2D eigenvalue weighted by atomic mass is 10.1.